The smallest absolute Gasteiger partial charge is 0.462 e. The number of aliphatic hydroxyl groups is 1. The van der Waals surface area contributed by atoms with Crippen LogP contribution in [0.15, 0.2) is 72.9 Å². The Morgan fingerprint density at radius 2 is 0.818 bits per heavy atom. The summed E-state index contributed by atoms with van der Waals surface area (Å²) < 4.78 is 39.2. The molecule has 0 fully saturated rings. The summed E-state index contributed by atoms with van der Waals surface area (Å²) in [6, 6.07) is 0. The van der Waals surface area contributed by atoms with Crippen molar-refractivity contribution in [3.05, 3.63) is 72.9 Å². The SMILES string of the molecule is CC/C=C\C/C=C\C/C=C\C/C=C\C/C=C\CCCC(=O)OC(COC(=O)CCCCCCC/C=C\CCCC)COP(=O)(O)OCC(CO)OC(=O)CCCCCCCCCCCCC. The van der Waals surface area contributed by atoms with Crippen LogP contribution in [0, 0.1) is 0 Å². The number of allylic oxidation sites excluding steroid dienone is 12. The van der Waals surface area contributed by atoms with Crippen LogP contribution in [0.2, 0.25) is 0 Å². The molecule has 0 aliphatic carbocycles. The summed E-state index contributed by atoms with van der Waals surface area (Å²) in [5.41, 5.74) is 0. The van der Waals surface area contributed by atoms with Gasteiger partial charge in [-0.05, 0) is 77.0 Å². The molecule has 0 saturated heterocycles. The number of hydrogen-bond acceptors (Lipinski definition) is 10. The fourth-order valence-corrected chi connectivity index (χ4v) is 7.45. The van der Waals surface area contributed by atoms with Gasteiger partial charge in [-0.1, -0.05) is 190 Å². The highest BCUT2D eigenvalue weighted by atomic mass is 31.2. The lowest BCUT2D eigenvalue weighted by molar-refractivity contribution is -0.161. The van der Waals surface area contributed by atoms with Gasteiger partial charge >= 0.3 is 25.7 Å². The zero-order valence-corrected chi connectivity index (χ0v) is 42.5. The third-order valence-corrected chi connectivity index (χ3v) is 11.6. The topological polar surface area (TPSA) is 155 Å². The summed E-state index contributed by atoms with van der Waals surface area (Å²) in [4.78, 5) is 48.2. The van der Waals surface area contributed by atoms with Crippen molar-refractivity contribution in [1.29, 1.82) is 0 Å². The second kappa shape index (κ2) is 48.4. The number of esters is 3. The minimum atomic E-state index is -4.75. The van der Waals surface area contributed by atoms with E-state index in [9.17, 15) is 28.9 Å². The molecule has 0 aromatic rings. The predicted octanol–water partition coefficient (Wildman–Crippen LogP) is 14.6. The Morgan fingerprint density at radius 1 is 0.439 bits per heavy atom. The molecule has 0 aliphatic rings. The lowest BCUT2D eigenvalue weighted by Crippen LogP contribution is -2.30. The van der Waals surface area contributed by atoms with E-state index < -0.39 is 57.8 Å². The largest absolute Gasteiger partial charge is 0.472 e. The number of carbonyl (C=O) groups is 3. The van der Waals surface area contributed by atoms with Crippen LogP contribution in [0.4, 0.5) is 0 Å². The van der Waals surface area contributed by atoms with E-state index in [1.54, 1.807) is 0 Å². The molecule has 0 heterocycles. The van der Waals surface area contributed by atoms with Crippen LogP contribution in [0.3, 0.4) is 0 Å². The van der Waals surface area contributed by atoms with E-state index >= 15 is 0 Å². The fourth-order valence-electron chi connectivity index (χ4n) is 6.67. The molecule has 0 rings (SSSR count). The first-order valence-corrected chi connectivity index (χ1v) is 27.3. The molecule has 0 aliphatic heterocycles. The van der Waals surface area contributed by atoms with Crippen LogP contribution >= 0.6 is 7.82 Å². The second-order valence-electron chi connectivity index (χ2n) is 17.0. The maximum atomic E-state index is 12.8. The number of hydrogen-bond donors (Lipinski definition) is 2. The van der Waals surface area contributed by atoms with Gasteiger partial charge in [-0.15, -0.1) is 0 Å². The number of phosphoric acid groups is 1. The zero-order chi connectivity index (χ0) is 48.4. The molecule has 11 nitrogen and oxygen atoms in total. The van der Waals surface area contributed by atoms with Crippen molar-refractivity contribution in [2.24, 2.45) is 0 Å². The molecule has 0 saturated carbocycles. The van der Waals surface area contributed by atoms with Crippen molar-refractivity contribution in [3.8, 4) is 0 Å². The monoisotopic (exact) mass is 949 g/mol. The first-order chi connectivity index (χ1) is 32.2. The van der Waals surface area contributed by atoms with Gasteiger partial charge < -0.3 is 24.2 Å². The van der Waals surface area contributed by atoms with Gasteiger partial charge in [-0.2, -0.15) is 0 Å². The summed E-state index contributed by atoms with van der Waals surface area (Å²) in [6.45, 7) is 4.39. The summed E-state index contributed by atoms with van der Waals surface area (Å²) >= 11 is 0. The van der Waals surface area contributed by atoms with Gasteiger partial charge in [0.15, 0.2) is 6.10 Å². The Morgan fingerprint density at radius 3 is 1.33 bits per heavy atom. The minimum Gasteiger partial charge on any atom is -0.462 e. The van der Waals surface area contributed by atoms with Gasteiger partial charge in [0.2, 0.25) is 0 Å². The van der Waals surface area contributed by atoms with Crippen molar-refractivity contribution >= 4 is 25.7 Å². The maximum absolute atomic E-state index is 12.8. The van der Waals surface area contributed by atoms with Gasteiger partial charge in [0, 0.05) is 19.3 Å². The van der Waals surface area contributed by atoms with E-state index in [-0.39, 0.29) is 25.9 Å². The third kappa shape index (κ3) is 46.0. The standard InChI is InChI=1S/C54H93O11P/c1-4-7-10-13-16-19-22-23-24-25-26-27-30-33-36-39-42-45-54(58)65-51(47-61-52(56)43-40-37-34-31-28-20-17-14-11-8-5-2)49-63-66(59,60)62-48-50(46-55)64-53(57)44-41-38-35-32-29-21-18-15-12-9-6-3/h7,10,14,16-17,19,23-24,26-27,33,36,50-51,55H,4-6,8-9,11-13,15,18,20-22,25,28-32,34-35,37-49H2,1-3H3,(H,59,60)/b10-7-,17-14-,19-16-,24-23-,27-26-,36-33-. The van der Waals surface area contributed by atoms with Crippen molar-refractivity contribution in [1.82, 2.24) is 0 Å². The van der Waals surface area contributed by atoms with E-state index in [1.807, 2.05) is 12.2 Å². The van der Waals surface area contributed by atoms with Crippen molar-refractivity contribution in [2.45, 2.75) is 226 Å². The molecule has 12 heteroatoms. The average molecular weight is 949 g/mol. The van der Waals surface area contributed by atoms with Crippen LogP contribution in [0.1, 0.15) is 213 Å². The van der Waals surface area contributed by atoms with E-state index in [4.69, 9.17) is 23.3 Å². The Kier molecular flexibility index (Phi) is 46.1. The van der Waals surface area contributed by atoms with Gasteiger partial charge in [0.25, 0.3) is 0 Å². The number of unbranched alkanes of at least 4 members (excludes halogenated alkanes) is 18. The van der Waals surface area contributed by atoms with Gasteiger partial charge in [-0.3, -0.25) is 23.4 Å². The number of ether oxygens (including phenoxy) is 3. The van der Waals surface area contributed by atoms with Gasteiger partial charge in [-0.25, -0.2) is 4.57 Å². The van der Waals surface area contributed by atoms with E-state index in [0.717, 1.165) is 89.9 Å². The van der Waals surface area contributed by atoms with E-state index in [0.29, 0.717) is 25.7 Å². The summed E-state index contributed by atoms with van der Waals surface area (Å²) in [7, 11) is -4.75. The Balaban J connectivity index is 4.84. The Labute approximate surface area is 401 Å². The lowest BCUT2D eigenvalue weighted by Gasteiger charge is -2.21. The van der Waals surface area contributed by atoms with Crippen LogP contribution in [-0.4, -0.2) is 66.5 Å². The molecule has 380 valence electrons. The van der Waals surface area contributed by atoms with Crippen molar-refractivity contribution in [2.75, 3.05) is 26.4 Å². The van der Waals surface area contributed by atoms with Crippen LogP contribution in [0.25, 0.3) is 0 Å². The van der Waals surface area contributed by atoms with Gasteiger partial charge in [0.1, 0.15) is 12.7 Å². The maximum Gasteiger partial charge on any atom is 0.472 e. The highest BCUT2D eigenvalue weighted by Crippen LogP contribution is 2.43. The van der Waals surface area contributed by atoms with E-state index in [2.05, 4.69) is 81.5 Å². The second-order valence-corrected chi connectivity index (χ2v) is 18.4. The van der Waals surface area contributed by atoms with Gasteiger partial charge in [0.05, 0.1) is 19.8 Å². The molecule has 0 radical (unpaired) electrons. The molecule has 3 unspecified atom stereocenters. The predicted molar refractivity (Wildman–Crippen MR) is 270 cm³/mol. The number of rotatable bonds is 47. The normalized spacial score (nSPS) is 14.1. The molecule has 66 heavy (non-hydrogen) atoms. The van der Waals surface area contributed by atoms with Crippen LogP contribution in [-0.2, 0) is 42.2 Å². The quantitative estimate of drug-likeness (QED) is 0.0197. The molecule has 0 aromatic carbocycles. The van der Waals surface area contributed by atoms with Crippen molar-refractivity contribution < 1.29 is 52.2 Å². The molecule has 2 N–H and O–H groups in total. The Bertz CT molecular complexity index is 1390. The molecule has 0 spiro atoms. The molecule has 0 aromatic heterocycles. The zero-order valence-electron chi connectivity index (χ0n) is 41.6. The number of carbonyl (C=O) groups excluding carboxylic acids is 3. The number of phosphoric ester groups is 1. The molecular weight excluding hydrogens is 856 g/mol. The van der Waals surface area contributed by atoms with E-state index in [1.165, 1.54) is 57.8 Å². The van der Waals surface area contributed by atoms with Crippen LogP contribution in [0.5, 0.6) is 0 Å². The molecular formula is C54H93O11P. The van der Waals surface area contributed by atoms with Crippen molar-refractivity contribution in [3.63, 3.8) is 0 Å². The third-order valence-electron chi connectivity index (χ3n) is 10.6. The molecule has 0 bridgehead atoms. The first-order valence-electron chi connectivity index (χ1n) is 25.8. The Hall–Kier alpha value is -3.08. The minimum absolute atomic E-state index is 0.0866. The molecule has 3 atom stereocenters. The summed E-state index contributed by atoms with van der Waals surface area (Å²) in [6.07, 6.45) is 51.7. The first kappa shape index (κ1) is 62.9. The highest BCUT2D eigenvalue weighted by molar-refractivity contribution is 7.47. The van der Waals surface area contributed by atoms with Crippen LogP contribution < -0.4 is 0 Å². The highest BCUT2D eigenvalue weighted by Gasteiger charge is 2.28. The summed E-state index contributed by atoms with van der Waals surface area (Å²) in [5.74, 6) is -1.55. The number of aliphatic hydroxyl groups excluding tert-OH is 1. The molecule has 0 amide bonds. The lowest BCUT2D eigenvalue weighted by atomic mass is 10.1. The summed E-state index contributed by atoms with van der Waals surface area (Å²) in [5, 5.41) is 9.76. The fraction of sp³-hybridized carbons (Fsp3) is 0.722. The average Bonchev–Trinajstić information content (AvgIpc) is 3.30.